The lowest BCUT2D eigenvalue weighted by molar-refractivity contribution is 0.139. The third-order valence-electron chi connectivity index (χ3n) is 2.18. The fourth-order valence-electron chi connectivity index (χ4n) is 1.25. The Morgan fingerprint density at radius 2 is 2.14 bits per heavy atom. The van der Waals surface area contributed by atoms with E-state index < -0.39 is 12.1 Å². The Kier molecular flexibility index (Phi) is 3.92. The molecule has 0 saturated carbocycles. The summed E-state index contributed by atoms with van der Waals surface area (Å²) in [7, 11) is 0. The van der Waals surface area contributed by atoms with Crippen molar-refractivity contribution in [3.63, 3.8) is 0 Å². The number of rotatable bonds is 3. The van der Waals surface area contributed by atoms with Crippen LogP contribution in [-0.2, 0) is 0 Å². The molecule has 0 spiro atoms. The molecule has 0 aromatic heterocycles. The summed E-state index contributed by atoms with van der Waals surface area (Å²) in [6.07, 6.45) is -0.0668. The van der Waals surface area contributed by atoms with Crippen molar-refractivity contribution in [1.29, 1.82) is 0 Å². The van der Waals surface area contributed by atoms with Crippen molar-refractivity contribution in [2.24, 2.45) is 5.73 Å². The monoisotopic (exact) mass is 259 g/mol. The van der Waals surface area contributed by atoms with E-state index in [9.17, 15) is 10.2 Å². The van der Waals surface area contributed by atoms with E-state index in [1.54, 1.807) is 18.2 Å². The van der Waals surface area contributed by atoms with E-state index in [1.165, 1.54) is 0 Å². The third kappa shape index (κ3) is 2.47. The van der Waals surface area contributed by atoms with Gasteiger partial charge in [0.25, 0.3) is 0 Å². The van der Waals surface area contributed by atoms with Gasteiger partial charge in [0, 0.05) is 10.0 Å². The molecule has 0 saturated heterocycles. The van der Waals surface area contributed by atoms with Crippen molar-refractivity contribution >= 4 is 15.9 Å². The van der Waals surface area contributed by atoms with Crippen molar-refractivity contribution < 1.29 is 10.2 Å². The molecule has 78 valence electrons. The van der Waals surface area contributed by atoms with Crippen LogP contribution in [0.5, 0.6) is 5.75 Å². The first kappa shape index (κ1) is 11.5. The highest BCUT2D eigenvalue weighted by molar-refractivity contribution is 9.10. The van der Waals surface area contributed by atoms with Crippen LogP contribution in [0.25, 0.3) is 0 Å². The molecule has 2 atom stereocenters. The average Bonchev–Trinajstić information content (AvgIpc) is 2.19. The molecule has 0 radical (unpaired) electrons. The van der Waals surface area contributed by atoms with Crippen molar-refractivity contribution in [2.45, 2.75) is 25.5 Å². The van der Waals surface area contributed by atoms with Crippen molar-refractivity contribution in [2.75, 3.05) is 0 Å². The first-order valence-electron chi connectivity index (χ1n) is 4.48. The Balaban J connectivity index is 2.99. The second-order valence-electron chi connectivity index (χ2n) is 3.20. The molecule has 0 amide bonds. The number of aliphatic hydroxyl groups is 1. The van der Waals surface area contributed by atoms with Crippen LogP contribution in [-0.4, -0.2) is 16.3 Å². The van der Waals surface area contributed by atoms with Gasteiger partial charge >= 0.3 is 0 Å². The lowest BCUT2D eigenvalue weighted by atomic mass is 10.00. The van der Waals surface area contributed by atoms with Crippen LogP contribution in [0.4, 0.5) is 0 Å². The Bertz CT molecular complexity index is 317. The molecule has 0 aliphatic carbocycles. The van der Waals surface area contributed by atoms with Crippen molar-refractivity contribution in [3.8, 4) is 5.75 Å². The van der Waals surface area contributed by atoms with Gasteiger partial charge in [0.05, 0.1) is 12.1 Å². The quantitative estimate of drug-likeness (QED) is 0.777. The van der Waals surface area contributed by atoms with Gasteiger partial charge in [0.2, 0.25) is 0 Å². The first-order valence-corrected chi connectivity index (χ1v) is 5.27. The van der Waals surface area contributed by atoms with Gasteiger partial charge in [-0.2, -0.15) is 0 Å². The molecule has 0 unspecified atom stereocenters. The number of nitrogens with two attached hydrogens (primary N) is 1. The maximum absolute atomic E-state index is 9.54. The second kappa shape index (κ2) is 4.77. The molecule has 14 heavy (non-hydrogen) atoms. The summed E-state index contributed by atoms with van der Waals surface area (Å²) in [6.45, 7) is 1.85. The fourth-order valence-corrected chi connectivity index (χ4v) is 1.63. The Morgan fingerprint density at radius 3 is 2.71 bits per heavy atom. The Labute approximate surface area is 91.7 Å². The number of phenols is 1. The lowest BCUT2D eigenvalue weighted by Crippen LogP contribution is -2.25. The van der Waals surface area contributed by atoms with E-state index in [1.807, 2.05) is 6.92 Å². The number of phenolic OH excluding ortho intramolecular Hbond substituents is 1. The molecule has 0 aliphatic heterocycles. The summed E-state index contributed by atoms with van der Waals surface area (Å²) in [6, 6.07) is 4.46. The van der Waals surface area contributed by atoms with Gasteiger partial charge in [-0.05, 0) is 24.6 Å². The SMILES string of the molecule is CC[C@H](O)[C@H](N)c1cc(Br)ccc1O. The summed E-state index contributed by atoms with van der Waals surface area (Å²) in [5.74, 6) is 0.119. The third-order valence-corrected chi connectivity index (χ3v) is 2.67. The van der Waals surface area contributed by atoms with E-state index in [-0.39, 0.29) is 5.75 Å². The highest BCUT2D eigenvalue weighted by Gasteiger charge is 2.18. The zero-order valence-electron chi connectivity index (χ0n) is 7.94. The molecule has 0 aliphatic rings. The highest BCUT2D eigenvalue weighted by atomic mass is 79.9. The molecular formula is C10H14BrNO2. The first-order chi connectivity index (χ1) is 6.56. The minimum absolute atomic E-state index is 0.119. The fraction of sp³-hybridized carbons (Fsp3) is 0.400. The normalized spacial score (nSPS) is 15.1. The van der Waals surface area contributed by atoms with Crippen molar-refractivity contribution in [1.82, 2.24) is 0 Å². The standard InChI is InChI=1S/C10H14BrNO2/c1-2-8(13)10(12)7-5-6(11)3-4-9(7)14/h3-5,8,10,13-14H,2,12H2,1H3/t8-,10+/m0/s1. The number of hydrogen-bond donors (Lipinski definition) is 3. The van der Waals surface area contributed by atoms with Crippen LogP contribution in [0.1, 0.15) is 24.9 Å². The molecule has 1 aromatic rings. The summed E-state index contributed by atoms with van der Waals surface area (Å²) in [5, 5.41) is 19.1. The zero-order chi connectivity index (χ0) is 10.7. The van der Waals surface area contributed by atoms with Gasteiger partial charge in [0.15, 0.2) is 0 Å². The number of aromatic hydroxyl groups is 1. The molecule has 4 heteroatoms. The zero-order valence-corrected chi connectivity index (χ0v) is 9.53. The topological polar surface area (TPSA) is 66.5 Å². The molecule has 3 nitrogen and oxygen atoms in total. The van der Waals surface area contributed by atoms with Crippen molar-refractivity contribution in [3.05, 3.63) is 28.2 Å². The highest BCUT2D eigenvalue weighted by Crippen LogP contribution is 2.28. The largest absolute Gasteiger partial charge is 0.508 e. The van der Waals surface area contributed by atoms with Gasteiger partial charge < -0.3 is 15.9 Å². The van der Waals surface area contributed by atoms with E-state index >= 15 is 0 Å². The smallest absolute Gasteiger partial charge is 0.120 e. The minimum atomic E-state index is -0.629. The van der Waals surface area contributed by atoms with E-state index in [0.29, 0.717) is 12.0 Å². The summed E-state index contributed by atoms with van der Waals surface area (Å²) in [4.78, 5) is 0. The summed E-state index contributed by atoms with van der Waals surface area (Å²) >= 11 is 3.29. The maximum Gasteiger partial charge on any atom is 0.120 e. The molecule has 1 rings (SSSR count). The van der Waals surface area contributed by atoms with E-state index in [4.69, 9.17) is 5.73 Å². The summed E-state index contributed by atoms with van der Waals surface area (Å²) in [5.41, 5.74) is 6.35. The Hall–Kier alpha value is -0.580. The van der Waals surface area contributed by atoms with Crippen LogP contribution in [0.2, 0.25) is 0 Å². The van der Waals surface area contributed by atoms with Gasteiger partial charge in [0.1, 0.15) is 5.75 Å². The average molecular weight is 260 g/mol. The maximum atomic E-state index is 9.54. The van der Waals surface area contributed by atoms with E-state index in [2.05, 4.69) is 15.9 Å². The van der Waals surface area contributed by atoms with Crippen LogP contribution < -0.4 is 5.73 Å². The molecule has 0 bridgehead atoms. The number of halogens is 1. The minimum Gasteiger partial charge on any atom is -0.508 e. The Morgan fingerprint density at radius 1 is 1.50 bits per heavy atom. The van der Waals surface area contributed by atoms with Gasteiger partial charge in [-0.1, -0.05) is 22.9 Å². The predicted octanol–water partition coefficient (Wildman–Crippen LogP) is 1.93. The molecular weight excluding hydrogens is 246 g/mol. The molecule has 0 fully saturated rings. The number of aliphatic hydroxyl groups excluding tert-OH is 1. The van der Waals surface area contributed by atoms with Gasteiger partial charge in [-0.15, -0.1) is 0 Å². The van der Waals surface area contributed by atoms with E-state index in [0.717, 1.165) is 4.47 Å². The van der Waals surface area contributed by atoms with Crippen LogP contribution in [0.15, 0.2) is 22.7 Å². The van der Waals surface area contributed by atoms with Gasteiger partial charge in [-0.25, -0.2) is 0 Å². The van der Waals surface area contributed by atoms with Crippen LogP contribution in [0, 0.1) is 0 Å². The predicted molar refractivity (Wildman–Crippen MR) is 59.0 cm³/mol. The molecule has 1 aromatic carbocycles. The lowest BCUT2D eigenvalue weighted by Gasteiger charge is -2.18. The number of benzene rings is 1. The molecule has 4 N–H and O–H groups in total. The molecule has 0 heterocycles. The summed E-state index contributed by atoms with van der Waals surface area (Å²) < 4.78 is 0.837. The van der Waals surface area contributed by atoms with Gasteiger partial charge in [-0.3, -0.25) is 0 Å². The second-order valence-corrected chi connectivity index (χ2v) is 4.12. The number of hydrogen-bond acceptors (Lipinski definition) is 3. The van der Waals surface area contributed by atoms with Crippen LogP contribution >= 0.6 is 15.9 Å². The van der Waals surface area contributed by atoms with Crippen LogP contribution in [0.3, 0.4) is 0 Å².